The Kier molecular flexibility index (Phi) is 4.15. The second-order valence-corrected chi connectivity index (χ2v) is 5.77. The van der Waals surface area contributed by atoms with Crippen LogP contribution in [0.1, 0.15) is 36.7 Å². The largest absolute Gasteiger partial charge is 0.350 e. The Bertz CT molecular complexity index is 391. The average Bonchev–Trinajstić information content (AvgIpc) is 2.73. The maximum Gasteiger partial charge on any atom is 0.269 e. The van der Waals surface area contributed by atoms with Gasteiger partial charge >= 0.3 is 0 Å². The summed E-state index contributed by atoms with van der Waals surface area (Å²) in [5, 5.41) is 2.96. The van der Waals surface area contributed by atoms with E-state index < -0.39 is 0 Å². The molecule has 2 unspecified atom stereocenters. The molecule has 3 nitrogen and oxygen atoms in total. The van der Waals surface area contributed by atoms with Crippen LogP contribution in [-0.2, 0) is 0 Å². The van der Waals surface area contributed by atoms with Crippen LogP contribution in [0.15, 0.2) is 22.8 Å². The normalized spacial score (nSPS) is 23.6. The van der Waals surface area contributed by atoms with E-state index in [1.54, 1.807) is 12.3 Å². The maximum atomic E-state index is 11.8. The van der Waals surface area contributed by atoms with Crippen molar-refractivity contribution in [2.45, 2.75) is 26.2 Å². The standard InChI is InChI=1S/C13H17BrN2O/c1-9-2-3-10(6-9)7-16-13(17)12-5-4-11(14)8-15-12/h4-5,8-10H,2-3,6-7H2,1H3,(H,16,17). The lowest BCUT2D eigenvalue weighted by molar-refractivity contribution is 0.0942. The van der Waals surface area contributed by atoms with Gasteiger partial charge in [0, 0.05) is 17.2 Å². The number of hydrogen-bond acceptors (Lipinski definition) is 2. The van der Waals surface area contributed by atoms with Gasteiger partial charge in [-0.3, -0.25) is 4.79 Å². The molecule has 1 aromatic heterocycles. The number of hydrogen-bond donors (Lipinski definition) is 1. The Morgan fingerprint density at radius 3 is 2.94 bits per heavy atom. The molecule has 17 heavy (non-hydrogen) atoms. The van der Waals surface area contributed by atoms with E-state index in [1.807, 2.05) is 6.07 Å². The summed E-state index contributed by atoms with van der Waals surface area (Å²) in [7, 11) is 0. The summed E-state index contributed by atoms with van der Waals surface area (Å²) in [6, 6.07) is 3.57. The molecule has 1 amide bonds. The van der Waals surface area contributed by atoms with Gasteiger partial charge < -0.3 is 5.32 Å². The van der Waals surface area contributed by atoms with Gasteiger partial charge in [0.15, 0.2) is 0 Å². The van der Waals surface area contributed by atoms with E-state index in [-0.39, 0.29) is 5.91 Å². The van der Waals surface area contributed by atoms with Crippen LogP contribution in [0.5, 0.6) is 0 Å². The van der Waals surface area contributed by atoms with Gasteiger partial charge in [-0.15, -0.1) is 0 Å². The highest BCUT2D eigenvalue weighted by Crippen LogP contribution is 2.29. The van der Waals surface area contributed by atoms with Gasteiger partial charge in [-0.05, 0) is 52.7 Å². The van der Waals surface area contributed by atoms with Crippen LogP contribution in [0.3, 0.4) is 0 Å². The van der Waals surface area contributed by atoms with Crippen molar-refractivity contribution >= 4 is 21.8 Å². The lowest BCUT2D eigenvalue weighted by Gasteiger charge is -2.10. The van der Waals surface area contributed by atoms with Crippen LogP contribution in [0.2, 0.25) is 0 Å². The van der Waals surface area contributed by atoms with Crippen LogP contribution >= 0.6 is 15.9 Å². The molecule has 1 aliphatic rings. The van der Waals surface area contributed by atoms with E-state index in [4.69, 9.17) is 0 Å². The van der Waals surface area contributed by atoms with Crippen LogP contribution in [-0.4, -0.2) is 17.4 Å². The molecule has 1 fully saturated rings. The van der Waals surface area contributed by atoms with E-state index in [2.05, 4.69) is 33.2 Å². The first-order chi connectivity index (χ1) is 8.15. The fourth-order valence-electron chi connectivity index (χ4n) is 2.35. The first-order valence-electron chi connectivity index (χ1n) is 6.05. The van der Waals surface area contributed by atoms with E-state index in [0.717, 1.165) is 16.9 Å². The van der Waals surface area contributed by atoms with Gasteiger partial charge in [0.05, 0.1) is 0 Å². The van der Waals surface area contributed by atoms with Crippen molar-refractivity contribution in [2.24, 2.45) is 11.8 Å². The minimum Gasteiger partial charge on any atom is -0.350 e. The molecule has 0 saturated heterocycles. The summed E-state index contributed by atoms with van der Waals surface area (Å²) in [5.41, 5.74) is 0.485. The van der Waals surface area contributed by atoms with Crippen molar-refractivity contribution < 1.29 is 4.79 Å². The van der Waals surface area contributed by atoms with Crippen molar-refractivity contribution in [3.05, 3.63) is 28.5 Å². The zero-order valence-electron chi connectivity index (χ0n) is 9.95. The van der Waals surface area contributed by atoms with Crippen LogP contribution in [0, 0.1) is 11.8 Å². The molecular formula is C13H17BrN2O. The highest BCUT2D eigenvalue weighted by Gasteiger charge is 2.21. The van der Waals surface area contributed by atoms with Gasteiger partial charge in [-0.25, -0.2) is 4.98 Å². The lowest BCUT2D eigenvalue weighted by Crippen LogP contribution is -2.29. The van der Waals surface area contributed by atoms with Crippen LogP contribution < -0.4 is 5.32 Å². The Morgan fingerprint density at radius 2 is 2.35 bits per heavy atom. The fourth-order valence-corrected chi connectivity index (χ4v) is 2.58. The molecule has 2 rings (SSSR count). The Labute approximate surface area is 110 Å². The number of nitrogens with one attached hydrogen (secondary N) is 1. The van der Waals surface area contributed by atoms with Gasteiger partial charge in [0.1, 0.15) is 5.69 Å². The van der Waals surface area contributed by atoms with Crippen LogP contribution in [0.4, 0.5) is 0 Å². The Balaban J connectivity index is 1.83. The fraction of sp³-hybridized carbons (Fsp3) is 0.538. The van der Waals surface area contributed by atoms with Crippen molar-refractivity contribution in [3.63, 3.8) is 0 Å². The zero-order valence-corrected chi connectivity index (χ0v) is 11.5. The molecule has 1 aromatic rings. The summed E-state index contributed by atoms with van der Waals surface area (Å²) in [4.78, 5) is 15.9. The summed E-state index contributed by atoms with van der Waals surface area (Å²) in [5.74, 6) is 1.38. The summed E-state index contributed by atoms with van der Waals surface area (Å²) >= 11 is 3.30. The summed E-state index contributed by atoms with van der Waals surface area (Å²) in [6.45, 7) is 3.05. The Hall–Kier alpha value is -0.900. The number of nitrogens with zero attached hydrogens (tertiary/aromatic N) is 1. The van der Waals surface area contributed by atoms with Crippen LogP contribution in [0.25, 0.3) is 0 Å². The molecule has 0 aliphatic heterocycles. The average molecular weight is 297 g/mol. The third-order valence-electron chi connectivity index (χ3n) is 3.31. The molecule has 92 valence electrons. The molecule has 0 aromatic carbocycles. The summed E-state index contributed by atoms with van der Waals surface area (Å²) in [6.07, 6.45) is 5.40. The molecule has 1 N–H and O–H groups in total. The smallest absolute Gasteiger partial charge is 0.269 e. The first kappa shape index (κ1) is 12.6. The number of halogens is 1. The van der Waals surface area contributed by atoms with Gasteiger partial charge in [0.25, 0.3) is 5.91 Å². The monoisotopic (exact) mass is 296 g/mol. The second kappa shape index (κ2) is 5.63. The van der Waals surface area contributed by atoms with Gasteiger partial charge in [0.2, 0.25) is 0 Å². The third kappa shape index (κ3) is 3.53. The van der Waals surface area contributed by atoms with E-state index >= 15 is 0 Å². The van der Waals surface area contributed by atoms with E-state index in [9.17, 15) is 4.79 Å². The molecule has 1 saturated carbocycles. The highest BCUT2D eigenvalue weighted by molar-refractivity contribution is 9.10. The first-order valence-corrected chi connectivity index (χ1v) is 6.84. The third-order valence-corrected chi connectivity index (χ3v) is 3.78. The second-order valence-electron chi connectivity index (χ2n) is 4.86. The zero-order chi connectivity index (χ0) is 12.3. The number of aromatic nitrogens is 1. The molecule has 0 bridgehead atoms. The minimum atomic E-state index is -0.0722. The predicted octanol–water partition coefficient (Wildman–Crippen LogP) is 3.01. The molecule has 4 heteroatoms. The lowest BCUT2D eigenvalue weighted by atomic mass is 10.1. The Morgan fingerprint density at radius 1 is 1.53 bits per heavy atom. The SMILES string of the molecule is CC1CCC(CNC(=O)c2ccc(Br)cn2)C1. The van der Waals surface area contributed by atoms with Gasteiger partial charge in [-0.2, -0.15) is 0 Å². The molecule has 0 spiro atoms. The molecule has 1 aliphatic carbocycles. The van der Waals surface area contributed by atoms with E-state index in [0.29, 0.717) is 11.6 Å². The predicted molar refractivity (Wildman–Crippen MR) is 70.8 cm³/mol. The van der Waals surface area contributed by atoms with E-state index in [1.165, 1.54) is 19.3 Å². The van der Waals surface area contributed by atoms with Crippen molar-refractivity contribution in [1.82, 2.24) is 10.3 Å². The highest BCUT2D eigenvalue weighted by atomic mass is 79.9. The maximum absolute atomic E-state index is 11.8. The van der Waals surface area contributed by atoms with Gasteiger partial charge in [-0.1, -0.05) is 13.3 Å². The quantitative estimate of drug-likeness (QED) is 0.932. The van der Waals surface area contributed by atoms with Crippen molar-refractivity contribution in [1.29, 1.82) is 0 Å². The number of carbonyl (C=O) groups is 1. The summed E-state index contributed by atoms with van der Waals surface area (Å²) < 4.78 is 0.888. The topological polar surface area (TPSA) is 42.0 Å². The number of amides is 1. The number of pyridine rings is 1. The van der Waals surface area contributed by atoms with Crippen molar-refractivity contribution in [3.8, 4) is 0 Å². The number of carbonyl (C=O) groups excluding carboxylic acids is 1. The van der Waals surface area contributed by atoms with Crippen molar-refractivity contribution in [2.75, 3.05) is 6.54 Å². The molecular weight excluding hydrogens is 280 g/mol. The minimum absolute atomic E-state index is 0.0722. The molecule has 2 atom stereocenters. The molecule has 0 radical (unpaired) electrons. The molecule has 1 heterocycles. The number of rotatable bonds is 3.